The van der Waals surface area contributed by atoms with Crippen LogP contribution >= 0.6 is 23.7 Å². The third-order valence-corrected chi connectivity index (χ3v) is 4.88. The Balaban J connectivity index is 0.00000133. The quantitative estimate of drug-likeness (QED) is 0.837. The summed E-state index contributed by atoms with van der Waals surface area (Å²) >= 11 is 1.81. The van der Waals surface area contributed by atoms with Gasteiger partial charge in [-0.1, -0.05) is 0 Å². The van der Waals surface area contributed by atoms with Crippen molar-refractivity contribution in [1.82, 2.24) is 4.98 Å². The Morgan fingerprint density at radius 3 is 2.68 bits per heavy atom. The smallest absolute Gasteiger partial charge is 0.0503 e. The molecule has 1 atom stereocenters. The Kier molecular flexibility index (Phi) is 4.07. The van der Waals surface area contributed by atoms with E-state index in [1.165, 1.54) is 16.0 Å². The molecule has 4 heteroatoms. The van der Waals surface area contributed by atoms with Crippen LogP contribution in [0.4, 0.5) is 0 Å². The van der Waals surface area contributed by atoms with E-state index in [2.05, 4.69) is 30.3 Å². The van der Waals surface area contributed by atoms with Gasteiger partial charge in [-0.2, -0.15) is 0 Å². The number of aromatic nitrogens is 1. The lowest BCUT2D eigenvalue weighted by Crippen LogP contribution is -2.21. The van der Waals surface area contributed by atoms with Gasteiger partial charge < -0.3 is 5.41 Å². The summed E-state index contributed by atoms with van der Waals surface area (Å²) in [6, 6.07) is 4.17. The molecule has 0 saturated heterocycles. The molecule has 1 unspecified atom stereocenters. The van der Waals surface area contributed by atoms with E-state index in [1.54, 1.807) is 0 Å². The zero-order valence-electron chi connectivity index (χ0n) is 11.1. The van der Waals surface area contributed by atoms with Gasteiger partial charge >= 0.3 is 0 Å². The van der Waals surface area contributed by atoms with Crippen molar-refractivity contribution in [3.63, 3.8) is 0 Å². The Morgan fingerprint density at radius 1 is 1.21 bits per heavy atom. The van der Waals surface area contributed by atoms with E-state index in [-0.39, 0.29) is 12.4 Å². The van der Waals surface area contributed by atoms with Crippen molar-refractivity contribution in [3.8, 4) is 0 Å². The standard InChI is InChI=1S/C15H16N2S.ClH/c1-9-3-5-17-13-8-11(7-12(16)14(9)13)15-10(2)4-6-18-15;/h3-6,11,16H,7-8H2,1-2H3;1H. The predicted molar refractivity (Wildman–Crippen MR) is 83.2 cm³/mol. The maximum Gasteiger partial charge on any atom is 0.0503 e. The van der Waals surface area contributed by atoms with Crippen LogP contribution in [0.15, 0.2) is 23.7 Å². The highest BCUT2D eigenvalue weighted by Gasteiger charge is 2.27. The zero-order valence-corrected chi connectivity index (χ0v) is 12.7. The summed E-state index contributed by atoms with van der Waals surface area (Å²) in [5, 5.41) is 10.4. The minimum atomic E-state index is 0. The van der Waals surface area contributed by atoms with Crippen molar-refractivity contribution in [1.29, 1.82) is 5.41 Å². The Hall–Kier alpha value is -1.19. The molecule has 0 saturated carbocycles. The van der Waals surface area contributed by atoms with Crippen LogP contribution < -0.4 is 0 Å². The molecular weight excluding hydrogens is 276 g/mol. The number of hydrogen-bond donors (Lipinski definition) is 1. The zero-order chi connectivity index (χ0) is 12.7. The third kappa shape index (κ3) is 2.45. The Morgan fingerprint density at radius 2 is 2.00 bits per heavy atom. The lowest BCUT2D eigenvalue weighted by atomic mass is 9.82. The number of aryl methyl sites for hydroxylation is 2. The van der Waals surface area contributed by atoms with Gasteiger partial charge in [-0.05, 0) is 55.3 Å². The highest BCUT2D eigenvalue weighted by atomic mass is 35.5. The minimum Gasteiger partial charge on any atom is -0.305 e. The van der Waals surface area contributed by atoms with Crippen LogP contribution in [-0.4, -0.2) is 10.7 Å². The summed E-state index contributed by atoms with van der Waals surface area (Å²) in [6.07, 6.45) is 3.69. The molecule has 0 radical (unpaired) electrons. The third-order valence-electron chi connectivity index (χ3n) is 3.70. The first-order chi connectivity index (χ1) is 8.66. The van der Waals surface area contributed by atoms with Crippen LogP contribution in [-0.2, 0) is 6.42 Å². The highest BCUT2D eigenvalue weighted by Crippen LogP contribution is 2.36. The van der Waals surface area contributed by atoms with Gasteiger partial charge in [0.05, 0.1) is 5.69 Å². The van der Waals surface area contributed by atoms with Crippen molar-refractivity contribution in [2.75, 3.05) is 0 Å². The fraction of sp³-hybridized carbons (Fsp3) is 0.333. The average Bonchev–Trinajstić information content (AvgIpc) is 2.75. The largest absolute Gasteiger partial charge is 0.305 e. The van der Waals surface area contributed by atoms with Crippen LogP contribution in [0, 0.1) is 19.3 Å². The van der Waals surface area contributed by atoms with E-state index in [0.717, 1.165) is 29.8 Å². The van der Waals surface area contributed by atoms with Gasteiger partial charge in [-0.25, -0.2) is 0 Å². The number of fused-ring (bicyclic) bond motifs is 1. The first-order valence-electron chi connectivity index (χ1n) is 6.23. The Labute approximate surface area is 123 Å². The van der Waals surface area contributed by atoms with Crippen LogP contribution in [0.5, 0.6) is 0 Å². The molecule has 0 bridgehead atoms. The predicted octanol–water partition coefficient (Wildman–Crippen LogP) is 4.28. The molecule has 0 fully saturated rings. The summed E-state index contributed by atoms with van der Waals surface area (Å²) in [5.74, 6) is 0.444. The van der Waals surface area contributed by atoms with Crippen LogP contribution in [0.2, 0.25) is 0 Å². The molecule has 2 heterocycles. The minimum absolute atomic E-state index is 0. The second-order valence-corrected chi connectivity index (χ2v) is 5.95. The van der Waals surface area contributed by atoms with Gasteiger partial charge in [0.2, 0.25) is 0 Å². The van der Waals surface area contributed by atoms with E-state index in [0.29, 0.717) is 5.92 Å². The van der Waals surface area contributed by atoms with Crippen LogP contribution in [0.1, 0.15) is 39.6 Å². The Bertz CT molecular complexity index is 618. The van der Waals surface area contributed by atoms with E-state index >= 15 is 0 Å². The lowest BCUT2D eigenvalue weighted by molar-refractivity contribution is 0.685. The van der Waals surface area contributed by atoms with Gasteiger partial charge in [0.1, 0.15) is 0 Å². The molecule has 0 spiro atoms. The summed E-state index contributed by atoms with van der Waals surface area (Å²) in [6.45, 7) is 4.24. The summed E-state index contributed by atoms with van der Waals surface area (Å²) < 4.78 is 0. The number of thiophene rings is 1. The van der Waals surface area contributed by atoms with Crippen molar-refractivity contribution in [2.24, 2.45) is 0 Å². The van der Waals surface area contributed by atoms with Crippen molar-refractivity contribution >= 4 is 29.5 Å². The molecule has 0 aromatic carbocycles. The van der Waals surface area contributed by atoms with E-state index in [4.69, 9.17) is 5.41 Å². The second kappa shape index (κ2) is 5.43. The lowest BCUT2D eigenvalue weighted by Gasteiger charge is -2.25. The molecular formula is C15H17ClN2S. The van der Waals surface area contributed by atoms with Gasteiger partial charge in [-0.3, -0.25) is 4.98 Å². The number of pyridine rings is 1. The molecule has 2 nitrogen and oxygen atoms in total. The van der Waals surface area contributed by atoms with Gasteiger partial charge in [0.15, 0.2) is 0 Å². The molecule has 1 aliphatic carbocycles. The van der Waals surface area contributed by atoms with Gasteiger partial charge in [0.25, 0.3) is 0 Å². The first-order valence-corrected chi connectivity index (χ1v) is 7.11. The highest BCUT2D eigenvalue weighted by molar-refractivity contribution is 7.10. The van der Waals surface area contributed by atoms with E-state index < -0.39 is 0 Å². The monoisotopic (exact) mass is 292 g/mol. The second-order valence-electron chi connectivity index (χ2n) is 5.00. The molecule has 0 amide bonds. The van der Waals surface area contributed by atoms with Crippen molar-refractivity contribution in [3.05, 3.63) is 51.0 Å². The average molecular weight is 293 g/mol. The number of hydrogen-bond acceptors (Lipinski definition) is 3. The number of halogens is 1. The van der Waals surface area contributed by atoms with Gasteiger partial charge in [-0.15, -0.1) is 23.7 Å². The molecule has 1 aliphatic rings. The fourth-order valence-corrected chi connectivity index (χ4v) is 3.86. The molecule has 3 rings (SSSR count). The van der Waals surface area contributed by atoms with Crippen molar-refractivity contribution < 1.29 is 0 Å². The summed E-state index contributed by atoms with van der Waals surface area (Å²) in [4.78, 5) is 5.91. The normalized spacial score (nSPS) is 17.8. The maximum atomic E-state index is 8.28. The molecule has 1 N–H and O–H groups in total. The van der Waals surface area contributed by atoms with E-state index in [1.807, 2.05) is 23.6 Å². The molecule has 19 heavy (non-hydrogen) atoms. The molecule has 2 aromatic rings. The molecule has 100 valence electrons. The topological polar surface area (TPSA) is 36.7 Å². The molecule has 0 aliphatic heterocycles. The maximum absolute atomic E-state index is 8.28. The van der Waals surface area contributed by atoms with Crippen LogP contribution in [0.3, 0.4) is 0 Å². The molecule has 2 aromatic heterocycles. The number of nitrogens with zero attached hydrogens (tertiary/aromatic N) is 1. The van der Waals surface area contributed by atoms with Gasteiger partial charge in [0, 0.05) is 28.3 Å². The summed E-state index contributed by atoms with van der Waals surface area (Å²) in [7, 11) is 0. The summed E-state index contributed by atoms with van der Waals surface area (Å²) in [5.41, 5.74) is 5.48. The van der Waals surface area contributed by atoms with Crippen LogP contribution in [0.25, 0.3) is 0 Å². The SMILES string of the molecule is Cc1ccsc1C1CC(=N)c2c(C)ccnc2C1.Cl. The fourth-order valence-electron chi connectivity index (χ4n) is 2.82. The van der Waals surface area contributed by atoms with E-state index in [9.17, 15) is 0 Å². The van der Waals surface area contributed by atoms with Crippen molar-refractivity contribution in [2.45, 2.75) is 32.6 Å². The number of rotatable bonds is 1. The number of nitrogens with one attached hydrogen (secondary N) is 1. The first kappa shape index (κ1) is 14.2.